The van der Waals surface area contributed by atoms with Crippen LogP contribution in [-0.2, 0) is 0 Å². The normalized spacial score (nSPS) is 11.9. The van der Waals surface area contributed by atoms with E-state index in [2.05, 4.69) is 20.4 Å². The van der Waals surface area contributed by atoms with Gasteiger partial charge < -0.3 is 9.84 Å². The van der Waals surface area contributed by atoms with E-state index < -0.39 is 0 Å². The van der Waals surface area contributed by atoms with E-state index in [9.17, 15) is 4.79 Å². The average Bonchev–Trinajstić information content (AvgIpc) is 3.02. The molecule has 2 aromatic heterocycles. The lowest BCUT2D eigenvalue weighted by molar-refractivity contribution is 0.0930. The van der Waals surface area contributed by atoms with Crippen molar-refractivity contribution in [2.45, 2.75) is 19.9 Å². The number of nitrogens with zero attached hydrogens (tertiary/aromatic N) is 3. The molecule has 0 bridgehead atoms. The van der Waals surface area contributed by atoms with Gasteiger partial charge >= 0.3 is 0 Å². The van der Waals surface area contributed by atoms with Crippen LogP contribution < -0.4 is 5.32 Å². The standard InChI is InChI=1S/C17H16N4O2/c1-11-7-16(21-23-11)17(22)20-12(2)13-3-5-14(6-4-13)15-8-18-10-19-9-15/h3-10,12H,1-2H3,(H,20,22)/t12-/m0/s1. The average molecular weight is 308 g/mol. The molecule has 1 N–H and O–H groups in total. The topological polar surface area (TPSA) is 80.9 Å². The van der Waals surface area contributed by atoms with Crippen LogP contribution in [0.1, 0.15) is 34.8 Å². The van der Waals surface area contributed by atoms with Crippen LogP contribution in [0.3, 0.4) is 0 Å². The summed E-state index contributed by atoms with van der Waals surface area (Å²) in [6, 6.07) is 9.39. The highest BCUT2D eigenvalue weighted by molar-refractivity contribution is 5.92. The first-order valence-electron chi connectivity index (χ1n) is 7.23. The summed E-state index contributed by atoms with van der Waals surface area (Å²) < 4.78 is 4.91. The number of carbonyl (C=O) groups is 1. The number of nitrogens with one attached hydrogen (secondary N) is 1. The van der Waals surface area contributed by atoms with Gasteiger partial charge in [0.1, 0.15) is 12.1 Å². The molecular formula is C17H16N4O2. The minimum atomic E-state index is -0.255. The van der Waals surface area contributed by atoms with Crippen LogP contribution in [0.5, 0.6) is 0 Å². The Labute approximate surface area is 133 Å². The third kappa shape index (κ3) is 3.42. The lowest BCUT2D eigenvalue weighted by atomic mass is 10.0. The molecule has 23 heavy (non-hydrogen) atoms. The molecule has 0 radical (unpaired) electrons. The molecule has 1 aromatic carbocycles. The lowest BCUT2D eigenvalue weighted by Gasteiger charge is -2.13. The van der Waals surface area contributed by atoms with Crippen LogP contribution in [0.15, 0.2) is 53.6 Å². The van der Waals surface area contributed by atoms with Gasteiger partial charge in [0.2, 0.25) is 0 Å². The Balaban J connectivity index is 1.70. The highest BCUT2D eigenvalue weighted by Crippen LogP contribution is 2.20. The van der Waals surface area contributed by atoms with Crippen molar-refractivity contribution < 1.29 is 9.32 Å². The predicted octanol–water partition coefficient (Wildman–Crippen LogP) is 2.93. The summed E-state index contributed by atoms with van der Waals surface area (Å²) in [5.41, 5.74) is 3.26. The molecule has 0 aliphatic carbocycles. The van der Waals surface area contributed by atoms with Crippen molar-refractivity contribution in [1.82, 2.24) is 20.4 Å². The molecule has 0 unspecified atom stereocenters. The van der Waals surface area contributed by atoms with Crippen molar-refractivity contribution in [3.05, 3.63) is 66.1 Å². The largest absolute Gasteiger partial charge is 0.361 e. The van der Waals surface area contributed by atoms with Crippen molar-refractivity contribution >= 4 is 5.91 Å². The smallest absolute Gasteiger partial charge is 0.273 e. The SMILES string of the molecule is Cc1cc(C(=O)N[C@@H](C)c2ccc(-c3cncnc3)cc2)no1. The van der Waals surface area contributed by atoms with Gasteiger partial charge in [0.05, 0.1) is 6.04 Å². The second kappa shape index (κ2) is 6.39. The van der Waals surface area contributed by atoms with Crippen LogP contribution >= 0.6 is 0 Å². The molecule has 2 heterocycles. The summed E-state index contributed by atoms with van der Waals surface area (Å²) in [7, 11) is 0. The number of hydrogen-bond acceptors (Lipinski definition) is 5. The van der Waals surface area contributed by atoms with E-state index in [1.54, 1.807) is 25.4 Å². The van der Waals surface area contributed by atoms with Gasteiger partial charge in [-0.25, -0.2) is 9.97 Å². The van der Waals surface area contributed by atoms with E-state index in [0.29, 0.717) is 5.76 Å². The van der Waals surface area contributed by atoms with E-state index in [1.807, 2.05) is 31.2 Å². The molecule has 0 aliphatic rings. The fourth-order valence-electron chi connectivity index (χ4n) is 2.24. The molecule has 1 atom stereocenters. The summed E-state index contributed by atoms with van der Waals surface area (Å²) >= 11 is 0. The van der Waals surface area contributed by atoms with Crippen LogP contribution in [0.25, 0.3) is 11.1 Å². The molecule has 6 heteroatoms. The number of aryl methyl sites for hydroxylation is 1. The first-order valence-corrected chi connectivity index (χ1v) is 7.23. The first kappa shape index (κ1) is 14.9. The summed E-state index contributed by atoms with van der Waals surface area (Å²) in [5, 5.41) is 6.61. The molecule has 0 fully saturated rings. The molecule has 0 saturated carbocycles. The third-order valence-electron chi connectivity index (χ3n) is 3.51. The number of carbonyl (C=O) groups excluding carboxylic acids is 1. The Morgan fingerprint density at radius 3 is 2.43 bits per heavy atom. The van der Waals surface area contributed by atoms with Gasteiger partial charge in [-0.1, -0.05) is 29.4 Å². The van der Waals surface area contributed by atoms with E-state index in [-0.39, 0.29) is 17.6 Å². The zero-order valence-corrected chi connectivity index (χ0v) is 12.9. The number of amides is 1. The maximum atomic E-state index is 12.1. The van der Waals surface area contributed by atoms with Crippen molar-refractivity contribution in [2.24, 2.45) is 0 Å². The summed E-state index contributed by atoms with van der Waals surface area (Å²) in [6.45, 7) is 3.67. The van der Waals surface area contributed by atoms with Gasteiger partial charge in [0, 0.05) is 24.0 Å². The van der Waals surface area contributed by atoms with Crippen molar-refractivity contribution in [1.29, 1.82) is 0 Å². The Hall–Kier alpha value is -3.02. The van der Waals surface area contributed by atoms with Crippen molar-refractivity contribution in [2.75, 3.05) is 0 Å². The van der Waals surface area contributed by atoms with Gasteiger partial charge in [-0.2, -0.15) is 0 Å². The minimum Gasteiger partial charge on any atom is -0.361 e. The molecule has 116 valence electrons. The minimum absolute atomic E-state index is 0.138. The van der Waals surface area contributed by atoms with Crippen LogP contribution in [0.4, 0.5) is 0 Å². The highest BCUT2D eigenvalue weighted by Gasteiger charge is 2.14. The molecule has 6 nitrogen and oxygen atoms in total. The monoisotopic (exact) mass is 308 g/mol. The Morgan fingerprint density at radius 2 is 1.83 bits per heavy atom. The second-order valence-corrected chi connectivity index (χ2v) is 5.27. The molecule has 1 amide bonds. The Morgan fingerprint density at radius 1 is 1.13 bits per heavy atom. The zero-order valence-electron chi connectivity index (χ0n) is 12.9. The van der Waals surface area contributed by atoms with Crippen molar-refractivity contribution in [3.8, 4) is 11.1 Å². The predicted molar refractivity (Wildman–Crippen MR) is 84.6 cm³/mol. The molecule has 0 aliphatic heterocycles. The summed E-state index contributed by atoms with van der Waals surface area (Å²) in [4.78, 5) is 20.1. The van der Waals surface area contributed by atoms with Crippen LogP contribution in [-0.4, -0.2) is 21.0 Å². The van der Waals surface area contributed by atoms with Crippen LogP contribution in [0.2, 0.25) is 0 Å². The van der Waals surface area contributed by atoms with Crippen LogP contribution in [0, 0.1) is 6.92 Å². The lowest BCUT2D eigenvalue weighted by Crippen LogP contribution is -2.26. The fourth-order valence-corrected chi connectivity index (χ4v) is 2.24. The molecular weight excluding hydrogens is 292 g/mol. The number of benzene rings is 1. The maximum absolute atomic E-state index is 12.1. The van der Waals surface area contributed by atoms with Gasteiger partial charge in [-0.3, -0.25) is 4.79 Å². The van der Waals surface area contributed by atoms with E-state index >= 15 is 0 Å². The molecule has 3 rings (SSSR count). The second-order valence-electron chi connectivity index (χ2n) is 5.27. The third-order valence-corrected chi connectivity index (χ3v) is 3.51. The fraction of sp³-hybridized carbons (Fsp3) is 0.176. The number of aromatic nitrogens is 3. The van der Waals surface area contributed by atoms with E-state index in [1.165, 1.54) is 6.33 Å². The quantitative estimate of drug-likeness (QED) is 0.801. The van der Waals surface area contributed by atoms with Crippen molar-refractivity contribution in [3.63, 3.8) is 0 Å². The first-order chi connectivity index (χ1) is 11.1. The van der Waals surface area contributed by atoms with E-state index in [0.717, 1.165) is 16.7 Å². The van der Waals surface area contributed by atoms with Gasteiger partial charge in [0.15, 0.2) is 5.69 Å². The summed E-state index contributed by atoms with van der Waals surface area (Å²) in [5.74, 6) is 0.354. The van der Waals surface area contributed by atoms with Gasteiger partial charge in [0.25, 0.3) is 5.91 Å². The van der Waals surface area contributed by atoms with Gasteiger partial charge in [-0.15, -0.1) is 0 Å². The zero-order chi connectivity index (χ0) is 16.2. The molecule has 0 saturated heterocycles. The van der Waals surface area contributed by atoms with Gasteiger partial charge in [-0.05, 0) is 25.0 Å². The molecule has 3 aromatic rings. The molecule has 0 spiro atoms. The summed E-state index contributed by atoms with van der Waals surface area (Å²) in [6.07, 6.45) is 5.03. The number of hydrogen-bond donors (Lipinski definition) is 1. The Kier molecular flexibility index (Phi) is 4.14. The maximum Gasteiger partial charge on any atom is 0.273 e. The Bertz CT molecular complexity index is 797. The van der Waals surface area contributed by atoms with E-state index in [4.69, 9.17) is 4.52 Å². The highest BCUT2D eigenvalue weighted by atomic mass is 16.5. The number of rotatable bonds is 4.